The Balaban J connectivity index is 2.71. The maximum absolute atomic E-state index is 12.1. The summed E-state index contributed by atoms with van der Waals surface area (Å²) >= 11 is 0. The van der Waals surface area contributed by atoms with Gasteiger partial charge in [0.25, 0.3) is 0 Å². The Morgan fingerprint density at radius 3 is 2.33 bits per heavy atom. The van der Waals surface area contributed by atoms with E-state index in [1.54, 1.807) is 0 Å². The van der Waals surface area contributed by atoms with Gasteiger partial charge in [0.15, 0.2) is 0 Å². The molecule has 0 spiro atoms. The molecule has 0 aromatic carbocycles. The monoisotopic (exact) mass is 297 g/mol. The maximum atomic E-state index is 12.1. The molecular weight excluding hydrogens is 266 g/mol. The molecule has 0 aromatic rings. The van der Waals surface area contributed by atoms with Crippen LogP contribution in [0.15, 0.2) is 0 Å². The highest BCUT2D eigenvalue weighted by Crippen LogP contribution is 2.37. The first-order chi connectivity index (χ1) is 9.47. The smallest absolute Gasteiger partial charge is 0.408 e. The Kier molecular flexibility index (Phi) is 5.46. The predicted octanol–water partition coefficient (Wildman–Crippen LogP) is 4.22. The van der Waals surface area contributed by atoms with Crippen LogP contribution in [0.25, 0.3) is 0 Å². The standard InChI is InChI=1S/C17H31NO3/c1-7-16(5,6)10-11-17(9-8-13(19)12-17)18-14(20)21-15(2,3)4/h7-12H2,1-6H3,(H,18,20)/t17-/m1/s1. The number of alkyl carbamates (subject to hydrolysis) is 1. The Hall–Kier alpha value is -1.06. The van der Waals surface area contributed by atoms with E-state index in [0.717, 1.165) is 25.7 Å². The van der Waals surface area contributed by atoms with Crippen molar-refractivity contribution in [3.05, 3.63) is 0 Å². The molecule has 0 saturated heterocycles. The first kappa shape index (κ1) is 18.0. The van der Waals surface area contributed by atoms with Crippen molar-refractivity contribution in [1.29, 1.82) is 0 Å². The zero-order valence-corrected chi connectivity index (χ0v) is 14.5. The molecule has 0 aromatic heterocycles. The topological polar surface area (TPSA) is 55.4 Å². The molecule has 4 nitrogen and oxygen atoms in total. The second-order valence-electron chi connectivity index (χ2n) is 8.14. The molecule has 1 saturated carbocycles. The van der Waals surface area contributed by atoms with Gasteiger partial charge in [-0.1, -0.05) is 27.2 Å². The van der Waals surface area contributed by atoms with Gasteiger partial charge in [0.2, 0.25) is 0 Å². The molecule has 0 unspecified atom stereocenters. The highest BCUT2D eigenvalue weighted by atomic mass is 16.6. The van der Waals surface area contributed by atoms with E-state index in [-0.39, 0.29) is 11.2 Å². The van der Waals surface area contributed by atoms with Crippen LogP contribution in [0.2, 0.25) is 0 Å². The van der Waals surface area contributed by atoms with Crippen LogP contribution in [0, 0.1) is 5.41 Å². The first-order valence-electron chi connectivity index (χ1n) is 8.00. The Morgan fingerprint density at radius 2 is 1.90 bits per heavy atom. The summed E-state index contributed by atoms with van der Waals surface area (Å²) < 4.78 is 5.36. The third-order valence-electron chi connectivity index (χ3n) is 4.42. The summed E-state index contributed by atoms with van der Waals surface area (Å²) in [6.07, 6.45) is 4.22. The molecule has 21 heavy (non-hydrogen) atoms. The van der Waals surface area contributed by atoms with Gasteiger partial charge in [-0.15, -0.1) is 0 Å². The zero-order valence-electron chi connectivity index (χ0n) is 14.5. The fraction of sp³-hybridized carbons (Fsp3) is 0.882. The molecule has 1 fully saturated rings. The third kappa shape index (κ3) is 6.06. The summed E-state index contributed by atoms with van der Waals surface area (Å²) in [5.74, 6) is 0.236. The number of hydrogen-bond acceptors (Lipinski definition) is 3. The molecule has 0 heterocycles. The third-order valence-corrected chi connectivity index (χ3v) is 4.42. The quantitative estimate of drug-likeness (QED) is 0.826. The van der Waals surface area contributed by atoms with Gasteiger partial charge in [-0.2, -0.15) is 0 Å². The van der Waals surface area contributed by atoms with Crippen molar-refractivity contribution in [2.24, 2.45) is 5.41 Å². The minimum absolute atomic E-state index is 0.230. The Labute approximate surface area is 129 Å². The number of hydrogen-bond donors (Lipinski definition) is 1. The van der Waals surface area contributed by atoms with Crippen LogP contribution in [-0.4, -0.2) is 23.0 Å². The van der Waals surface area contributed by atoms with Crippen LogP contribution < -0.4 is 5.32 Å². The molecule has 1 atom stereocenters. The second-order valence-corrected chi connectivity index (χ2v) is 8.14. The van der Waals surface area contributed by atoms with Crippen molar-refractivity contribution in [2.75, 3.05) is 0 Å². The minimum Gasteiger partial charge on any atom is -0.444 e. The molecule has 1 aliphatic rings. The van der Waals surface area contributed by atoms with Gasteiger partial charge in [0.1, 0.15) is 11.4 Å². The number of ether oxygens (including phenoxy) is 1. The molecule has 0 radical (unpaired) electrons. The van der Waals surface area contributed by atoms with Gasteiger partial charge in [-0.25, -0.2) is 4.79 Å². The lowest BCUT2D eigenvalue weighted by Gasteiger charge is -2.34. The van der Waals surface area contributed by atoms with Gasteiger partial charge in [-0.3, -0.25) is 4.79 Å². The van der Waals surface area contributed by atoms with Crippen LogP contribution in [0.1, 0.15) is 80.1 Å². The average molecular weight is 297 g/mol. The highest BCUT2D eigenvalue weighted by Gasteiger charge is 2.41. The average Bonchev–Trinajstić information content (AvgIpc) is 2.66. The predicted molar refractivity (Wildman–Crippen MR) is 84.3 cm³/mol. The number of carbonyl (C=O) groups is 2. The molecule has 1 aliphatic carbocycles. The largest absolute Gasteiger partial charge is 0.444 e. The van der Waals surface area contributed by atoms with E-state index in [1.807, 2.05) is 20.8 Å². The fourth-order valence-corrected chi connectivity index (χ4v) is 2.59. The lowest BCUT2D eigenvalue weighted by Crippen LogP contribution is -2.49. The van der Waals surface area contributed by atoms with Crippen LogP contribution >= 0.6 is 0 Å². The van der Waals surface area contributed by atoms with Crippen molar-refractivity contribution >= 4 is 11.9 Å². The van der Waals surface area contributed by atoms with E-state index >= 15 is 0 Å². The normalized spacial score (nSPS) is 23.2. The molecule has 122 valence electrons. The number of Topliss-reactive ketones (excluding diaryl/α,β-unsaturated/α-hetero) is 1. The van der Waals surface area contributed by atoms with E-state index in [0.29, 0.717) is 12.8 Å². The van der Waals surface area contributed by atoms with Crippen LogP contribution in [0.4, 0.5) is 4.79 Å². The summed E-state index contributed by atoms with van der Waals surface area (Å²) in [5.41, 5.74) is -0.698. The molecule has 0 aliphatic heterocycles. The number of nitrogens with one attached hydrogen (secondary N) is 1. The second kappa shape index (κ2) is 6.37. The van der Waals surface area contributed by atoms with Crippen molar-refractivity contribution in [3.8, 4) is 0 Å². The van der Waals surface area contributed by atoms with Crippen molar-refractivity contribution < 1.29 is 14.3 Å². The maximum Gasteiger partial charge on any atom is 0.408 e. The first-order valence-corrected chi connectivity index (χ1v) is 8.00. The molecule has 1 rings (SSSR count). The lowest BCUT2D eigenvalue weighted by atomic mass is 9.79. The zero-order chi connectivity index (χ0) is 16.3. The molecule has 1 amide bonds. The molecule has 1 N–H and O–H groups in total. The van der Waals surface area contributed by atoms with Gasteiger partial charge in [0, 0.05) is 12.8 Å². The SMILES string of the molecule is CCC(C)(C)CC[C@]1(NC(=O)OC(C)(C)C)CCC(=O)C1. The van der Waals surface area contributed by atoms with Gasteiger partial charge in [-0.05, 0) is 45.4 Å². The summed E-state index contributed by atoms with van der Waals surface area (Å²) in [4.78, 5) is 23.8. The van der Waals surface area contributed by atoms with E-state index in [2.05, 4.69) is 26.1 Å². The summed E-state index contributed by atoms with van der Waals surface area (Å²) in [7, 11) is 0. The molecule has 0 bridgehead atoms. The summed E-state index contributed by atoms with van der Waals surface area (Å²) in [5, 5.41) is 2.99. The van der Waals surface area contributed by atoms with E-state index < -0.39 is 17.2 Å². The van der Waals surface area contributed by atoms with Gasteiger partial charge >= 0.3 is 6.09 Å². The van der Waals surface area contributed by atoms with Crippen molar-refractivity contribution in [1.82, 2.24) is 5.32 Å². The Bertz CT molecular complexity index is 395. The van der Waals surface area contributed by atoms with Crippen LogP contribution in [-0.2, 0) is 9.53 Å². The van der Waals surface area contributed by atoms with Crippen molar-refractivity contribution in [2.45, 2.75) is 91.2 Å². The van der Waals surface area contributed by atoms with E-state index in [4.69, 9.17) is 4.74 Å². The van der Waals surface area contributed by atoms with Gasteiger partial charge < -0.3 is 10.1 Å². The van der Waals surface area contributed by atoms with Gasteiger partial charge in [0.05, 0.1) is 5.54 Å². The fourth-order valence-electron chi connectivity index (χ4n) is 2.59. The Morgan fingerprint density at radius 1 is 1.29 bits per heavy atom. The summed E-state index contributed by atoms with van der Waals surface area (Å²) in [6.45, 7) is 12.2. The van der Waals surface area contributed by atoms with Crippen molar-refractivity contribution in [3.63, 3.8) is 0 Å². The molecule has 4 heteroatoms. The highest BCUT2D eigenvalue weighted by molar-refractivity contribution is 5.83. The lowest BCUT2D eigenvalue weighted by molar-refractivity contribution is -0.117. The molecular formula is C17H31NO3. The number of amides is 1. The minimum atomic E-state index is -0.517. The number of carbonyl (C=O) groups excluding carboxylic acids is 2. The van der Waals surface area contributed by atoms with Crippen LogP contribution in [0.5, 0.6) is 0 Å². The van der Waals surface area contributed by atoms with Crippen LogP contribution in [0.3, 0.4) is 0 Å². The van der Waals surface area contributed by atoms with E-state index in [1.165, 1.54) is 0 Å². The number of ketones is 1. The van der Waals surface area contributed by atoms with E-state index in [9.17, 15) is 9.59 Å². The summed E-state index contributed by atoms with van der Waals surface area (Å²) in [6, 6.07) is 0. The number of rotatable bonds is 5.